The second-order valence-corrected chi connectivity index (χ2v) is 6.01. The van der Waals surface area contributed by atoms with Gasteiger partial charge in [0.05, 0.1) is 25.6 Å². The summed E-state index contributed by atoms with van der Waals surface area (Å²) in [4.78, 5) is 0. The first-order chi connectivity index (χ1) is 8.74. The van der Waals surface area contributed by atoms with Gasteiger partial charge in [0.1, 0.15) is 5.75 Å². The third-order valence-electron chi connectivity index (χ3n) is 3.25. The van der Waals surface area contributed by atoms with E-state index in [0.29, 0.717) is 10.5 Å². The molecule has 0 amide bonds. The molecule has 0 radical (unpaired) electrons. The fraction of sp³-hybridized carbons (Fsp3) is 0.571. The van der Waals surface area contributed by atoms with Crippen LogP contribution in [0.2, 0.25) is 0 Å². The lowest BCUT2D eigenvalue weighted by Gasteiger charge is -2.32. The molecule has 2 rings (SSSR count). The Morgan fingerprint density at radius 1 is 1.39 bits per heavy atom. The van der Waals surface area contributed by atoms with Crippen LogP contribution in [0.4, 0.5) is 0 Å². The minimum atomic E-state index is 0.184. The van der Waals surface area contributed by atoms with Gasteiger partial charge in [-0.15, -0.1) is 11.8 Å². The Hall–Kier alpha value is -0.710. The summed E-state index contributed by atoms with van der Waals surface area (Å²) in [6, 6.07) is 8.42. The predicted octanol–water partition coefficient (Wildman–Crippen LogP) is 2.61. The van der Waals surface area contributed by atoms with Gasteiger partial charge < -0.3 is 15.2 Å². The fourth-order valence-corrected chi connectivity index (χ4v) is 3.41. The molecular weight excluding hydrogens is 246 g/mol. The van der Waals surface area contributed by atoms with Crippen molar-refractivity contribution in [2.45, 2.75) is 29.9 Å². The molecule has 0 bridgehead atoms. The van der Waals surface area contributed by atoms with Crippen molar-refractivity contribution >= 4 is 11.8 Å². The number of hydrogen-bond acceptors (Lipinski definition) is 4. The quantitative estimate of drug-likeness (QED) is 0.860. The number of methoxy groups -OCH3 is 1. The molecule has 1 saturated heterocycles. The van der Waals surface area contributed by atoms with Crippen molar-refractivity contribution in [1.29, 1.82) is 0 Å². The molecule has 0 aliphatic carbocycles. The van der Waals surface area contributed by atoms with Crippen molar-refractivity contribution in [2.24, 2.45) is 5.73 Å². The average Bonchev–Trinajstić information content (AvgIpc) is 2.37. The van der Waals surface area contributed by atoms with Crippen molar-refractivity contribution in [3.8, 4) is 5.75 Å². The first-order valence-electron chi connectivity index (χ1n) is 6.37. The van der Waals surface area contributed by atoms with Crippen LogP contribution in [0.1, 0.15) is 24.2 Å². The van der Waals surface area contributed by atoms with E-state index in [1.807, 2.05) is 23.9 Å². The number of rotatable bonds is 6. The highest BCUT2D eigenvalue weighted by Crippen LogP contribution is 2.38. The van der Waals surface area contributed by atoms with Gasteiger partial charge in [-0.3, -0.25) is 0 Å². The van der Waals surface area contributed by atoms with Gasteiger partial charge in [0.15, 0.2) is 0 Å². The normalized spacial score (nSPS) is 19.1. The number of benzene rings is 1. The minimum Gasteiger partial charge on any atom is -0.497 e. The van der Waals surface area contributed by atoms with E-state index >= 15 is 0 Å². The zero-order valence-electron chi connectivity index (χ0n) is 11.0. The van der Waals surface area contributed by atoms with Gasteiger partial charge in [-0.25, -0.2) is 0 Å². The monoisotopic (exact) mass is 267 g/mol. The third kappa shape index (κ3) is 3.19. The lowest BCUT2D eigenvalue weighted by molar-refractivity contribution is 0.0452. The Labute approximate surface area is 113 Å². The Balaban J connectivity index is 2.09. The summed E-state index contributed by atoms with van der Waals surface area (Å²) in [5, 5.41) is 0.935. The van der Waals surface area contributed by atoms with Gasteiger partial charge in [0, 0.05) is 11.3 Å². The summed E-state index contributed by atoms with van der Waals surface area (Å²) in [7, 11) is 1.69. The molecule has 1 aromatic rings. The molecule has 1 aliphatic rings. The van der Waals surface area contributed by atoms with Crippen LogP contribution in [0.25, 0.3) is 0 Å². The largest absolute Gasteiger partial charge is 0.497 e. The maximum absolute atomic E-state index is 6.25. The zero-order valence-corrected chi connectivity index (χ0v) is 11.8. The van der Waals surface area contributed by atoms with Gasteiger partial charge in [0.25, 0.3) is 0 Å². The van der Waals surface area contributed by atoms with E-state index in [1.165, 1.54) is 5.56 Å². The topological polar surface area (TPSA) is 44.5 Å². The molecular formula is C14H21NO2S. The highest BCUT2D eigenvalue weighted by atomic mass is 32.2. The van der Waals surface area contributed by atoms with E-state index in [9.17, 15) is 0 Å². The molecule has 100 valence electrons. The van der Waals surface area contributed by atoms with Crippen LogP contribution >= 0.6 is 11.8 Å². The molecule has 0 spiro atoms. The predicted molar refractivity (Wildman–Crippen MR) is 76.2 cm³/mol. The summed E-state index contributed by atoms with van der Waals surface area (Å²) in [5.74, 6) is 0.888. The lowest BCUT2D eigenvalue weighted by Crippen LogP contribution is -2.34. The number of hydrogen-bond donors (Lipinski definition) is 1. The van der Waals surface area contributed by atoms with E-state index in [4.69, 9.17) is 15.2 Å². The van der Waals surface area contributed by atoms with E-state index < -0.39 is 0 Å². The third-order valence-corrected chi connectivity index (χ3v) is 4.82. The maximum atomic E-state index is 6.25. The Morgan fingerprint density at radius 3 is 2.50 bits per heavy atom. The van der Waals surface area contributed by atoms with Crippen LogP contribution in [0, 0.1) is 0 Å². The number of thioether (sulfide) groups is 1. The standard InChI is InChI=1S/C14H21NO2S/c1-3-13(15)14(18-12-8-17-9-12)10-4-6-11(16-2)7-5-10/h4-7,12-14H,3,8-9,15H2,1-2H3. The molecule has 4 heteroatoms. The maximum Gasteiger partial charge on any atom is 0.118 e. The van der Waals surface area contributed by atoms with Crippen molar-refractivity contribution in [2.75, 3.05) is 20.3 Å². The Bertz CT molecular complexity index is 365. The second kappa shape index (κ2) is 6.45. The first kappa shape index (κ1) is 13.7. The highest BCUT2D eigenvalue weighted by Gasteiger charge is 2.27. The van der Waals surface area contributed by atoms with E-state index in [-0.39, 0.29) is 6.04 Å². The molecule has 1 aromatic carbocycles. The highest BCUT2D eigenvalue weighted by molar-refractivity contribution is 8.00. The summed E-state index contributed by atoms with van der Waals surface area (Å²) < 4.78 is 10.4. The second-order valence-electron chi connectivity index (χ2n) is 4.56. The van der Waals surface area contributed by atoms with Crippen LogP contribution < -0.4 is 10.5 Å². The van der Waals surface area contributed by atoms with Crippen LogP contribution in [0.3, 0.4) is 0 Å². The molecule has 3 nitrogen and oxygen atoms in total. The average molecular weight is 267 g/mol. The molecule has 0 saturated carbocycles. The van der Waals surface area contributed by atoms with Gasteiger partial charge in [-0.2, -0.15) is 0 Å². The SMILES string of the molecule is CCC(N)C(SC1COC1)c1ccc(OC)cc1. The number of nitrogens with two attached hydrogens (primary N) is 1. The molecule has 0 aromatic heterocycles. The van der Waals surface area contributed by atoms with E-state index in [2.05, 4.69) is 19.1 Å². The van der Waals surface area contributed by atoms with Crippen LogP contribution in [-0.2, 0) is 4.74 Å². The summed E-state index contributed by atoms with van der Waals surface area (Å²) >= 11 is 1.94. The van der Waals surface area contributed by atoms with Crippen molar-refractivity contribution < 1.29 is 9.47 Å². The van der Waals surface area contributed by atoms with Gasteiger partial charge in [0.2, 0.25) is 0 Å². The number of ether oxygens (including phenoxy) is 2. The lowest BCUT2D eigenvalue weighted by atomic mass is 10.0. The fourth-order valence-electron chi connectivity index (χ4n) is 1.93. The Kier molecular flexibility index (Phi) is 4.92. The first-order valence-corrected chi connectivity index (χ1v) is 7.31. The van der Waals surface area contributed by atoms with Crippen molar-refractivity contribution in [3.05, 3.63) is 29.8 Å². The van der Waals surface area contributed by atoms with Crippen LogP contribution in [0.5, 0.6) is 5.75 Å². The zero-order chi connectivity index (χ0) is 13.0. The summed E-state index contributed by atoms with van der Waals surface area (Å²) in [6.07, 6.45) is 0.983. The van der Waals surface area contributed by atoms with Crippen molar-refractivity contribution in [1.82, 2.24) is 0 Å². The molecule has 2 unspecified atom stereocenters. The smallest absolute Gasteiger partial charge is 0.118 e. The van der Waals surface area contributed by atoms with Crippen LogP contribution in [-0.4, -0.2) is 31.6 Å². The molecule has 1 aliphatic heterocycles. The van der Waals surface area contributed by atoms with Crippen LogP contribution in [0.15, 0.2) is 24.3 Å². The summed E-state index contributed by atoms with van der Waals surface area (Å²) in [5.41, 5.74) is 7.53. The molecule has 1 fully saturated rings. The van der Waals surface area contributed by atoms with Gasteiger partial charge in [-0.1, -0.05) is 19.1 Å². The Morgan fingerprint density at radius 2 is 2.06 bits per heavy atom. The van der Waals surface area contributed by atoms with E-state index in [0.717, 1.165) is 25.4 Å². The molecule has 2 atom stereocenters. The molecule has 18 heavy (non-hydrogen) atoms. The van der Waals surface area contributed by atoms with Gasteiger partial charge >= 0.3 is 0 Å². The van der Waals surface area contributed by atoms with Gasteiger partial charge in [-0.05, 0) is 24.1 Å². The molecule has 1 heterocycles. The molecule has 2 N–H and O–H groups in total. The summed E-state index contributed by atoms with van der Waals surface area (Å²) in [6.45, 7) is 3.85. The van der Waals surface area contributed by atoms with E-state index in [1.54, 1.807) is 7.11 Å². The van der Waals surface area contributed by atoms with Crippen molar-refractivity contribution in [3.63, 3.8) is 0 Å². The minimum absolute atomic E-state index is 0.184.